The van der Waals surface area contributed by atoms with Crippen molar-refractivity contribution < 1.29 is 63.7 Å². The molecule has 13 nitrogen and oxygen atoms in total. The van der Waals surface area contributed by atoms with Crippen molar-refractivity contribution in [3.63, 3.8) is 0 Å². The van der Waals surface area contributed by atoms with E-state index >= 15 is 0 Å². The van der Waals surface area contributed by atoms with E-state index in [-0.39, 0.29) is 12.7 Å². The minimum atomic E-state index is -1.28. The van der Waals surface area contributed by atoms with Crippen LogP contribution in [0.1, 0.15) is 40.0 Å². The zero-order valence-corrected chi connectivity index (χ0v) is 17.8. The molecule has 0 amide bonds. The summed E-state index contributed by atoms with van der Waals surface area (Å²) in [6.45, 7) is 3.62. The Morgan fingerprint density at radius 2 is 1.84 bits per heavy atom. The molecule has 4 unspecified atom stereocenters. The second-order valence-electron chi connectivity index (χ2n) is 6.24. The lowest BCUT2D eigenvalue weighted by Gasteiger charge is -2.15. The molecule has 182 valence electrons. The third kappa shape index (κ3) is 18.0. The van der Waals surface area contributed by atoms with Crippen LogP contribution in [-0.2, 0) is 33.3 Å². The highest BCUT2D eigenvalue weighted by molar-refractivity contribution is 5.74. The zero-order valence-electron chi connectivity index (χ0n) is 17.8. The third-order valence-electron chi connectivity index (χ3n) is 3.23. The molecule has 31 heavy (non-hydrogen) atoms. The van der Waals surface area contributed by atoms with Crippen LogP contribution in [0.2, 0.25) is 0 Å². The average Bonchev–Trinajstić information content (AvgIpc) is 3.11. The van der Waals surface area contributed by atoms with Crippen LogP contribution in [0.25, 0.3) is 0 Å². The van der Waals surface area contributed by atoms with Gasteiger partial charge in [0.05, 0.1) is 6.61 Å². The van der Waals surface area contributed by atoms with Gasteiger partial charge in [-0.1, -0.05) is 19.8 Å². The molecule has 4 atom stereocenters. The molecular weight excluding hydrogens is 424 g/mol. The molecule has 13 heteroatoms. The lowest BCUT2D eigenvalue weighted by Crippen LogP contribution is -2.31. The Kier molecular flexibility index (Phi) is 18.1. The lowest BCUT2D eigenvalue weighted by atomic mass is 10.2. The van der Waals surface area contributed by atoms with Crippen molar-refractivity contribution in [3.05, 3.63) is 0 Å². The molecule has 0 aromatic heterocycles. The summed E-state index contributed by atoms with van der Waals surface area (Å²) < 4.78 is 17.9. The molecule has 0 aliphatic carbocycles. The minimum Gasteiger partial charge on any atom is -0.479 e. The fourth-order valence-electron chi connectivity index (χ4n) is 1.58. The predicted molar refractivity (Wildman–Crippen MR) is 102 cm³/mol. The Labute approximate surface area is 179 Å². The summed E-state index contributed by atoms with van der Waals surface area (Å²) in [6.07, 6.45) is -2.01. The molecule has 5 N–H and O–H groups in total. The van der Waals surface area contributed by atoms with E-state index in [1.807, 2.05) is 6.92 Å². The number of carboxylic acid groups (broad SMARTS) is 1. The predicted octanol–water partition coefficient (Wildman–Crippen LogP) is -1.03. The Hall–Kier alpha value is -2.48. The third-order valence-corrected chi connectivity index (χ3v) is 3.23. The standard InChI is InChI=1S/C8H14O7.C6H12O3.C4H6O3/c1-5(11)8(13)14-4-6(2-9)15-7(12)3-10;1-2-3-4-5(7)6(8)9;1-3-2-6-4(5)7-3/h5-6,9-11H,2-4H2,1H3;5,7H,2-4H2,1H3,(H,8,9);3H,2H2,1H3. The number of hydrogen-bond donors (Lipinski definition) is 5. The maximum Gasteiger partial charge on any atom is 0.508 e. The zero-order chi connectivity index (χ0) is 24.4. The highest BCUT2D eigenvalue weighted by Gasteiger charge is 2.19. The quantitative estimate of drug-likeness (QED) is 0.197. The number of cyclic esters (lactones) is 2. The Morgan fingerprint density at radius 3 is 2.16 bits per heavy atom. The van der Waals surface area contributed by atoms with Crippen molar-refractivity contribution in [2.45, 2.75) is 64.4 Å². The van der Waals surface area contributed by atoms with Gasteiger partial charge in [0.1, 0.15) is 32.0 Å². The van der Waals surface area contributed by atoms with Gasteiger partial charge in [0.25, 0.3) is 0 Å². The smallest absolute Gasteiger partial charge is 0.479 e. The van der Waals surface area contributed by atoms with Crippen molar-refractivity contribution in [1.29, 1.82) is 0 Å². The first kappa shape index (κ1) is 30.7. The Balaban J connectivity index is 0. The molecule has 0 aromatic rings. The number of aliphatic carboxylic acids is 1. The summed E-state index contributed by atoms with van der Waals surface area (Å²) in [4.78, 5) is 41.3. The van der Waals surface area contributed by atoms with E-state index in [2.05, 4.69) is 18.9 Å². The molecule has 1 fully saturated rings. The van der Waals surface area contributed by atoms with Crippen LogP contribution in [0.4, 0.5) is 4.79 Å². The summed E-state index contributed by atoms with van der Waals surface area (Å²) in [6, 6.07) is 0. The summed E-state index contributed by atoms with van der Waals surface area (Å²) in [5.41, 5.74) is 0. The highest BCUT2D eigenvalue weighted by atomic mass is 16.8. The second kappa shape index (κ2) is 18.3. The molecule has 0 bridgehead atoms. The van der Waals surface area contributed by atoms with Gasteiger partial charge in [-0.3, -0.25) is 0 Å². The van der Waals surface area contributed by atoms with Crippen molar-refractivity contribution in [3.8, 4) is 0 Å². The van der Waals surface area contributed by atoms with Crippen LogP contribution in [0.5, 0.6) is 0 Å². The van der Waals surface area contributed by atoms with Crippen LogP contribution in [0.15, 0.2) is 0 Å². The summed E-state index contributed by atoms with van der Waals surface area (Å²) in [5.74, 6) is -2.93. The van der Waals surface area contributed by atoms with Gasteiger partial charge in [0.2, 0.25) is 0 Å². The number of esters is 2. The Morgan fingerprint density at radius 1 is 1.23 bits per heavy atom. The first-order valence-electron chi connectivity index (χ1n) is 9.48. The van der Waals surface area contributed by atoms with Crippen LogP contribution < -0.4 is 0 Å². The van der Waals surface area contributed by atoms with Gasteiger partial charge in [-0.2, -0.15) is 0 Å². The van der Waals surface area contributed by atoms with E-state index in [1.165, 1.54) is 6.92 Å². The number of unbranched alkanes of at least 4 members (excludes halogenated alkanes) is 1. The Bertz CT molecular complexity index is 535. The normalized spacial score (nSPS) is 17.3. The monoisotopic (exact) mass is 456 g/mol. The number of rotatable bonds is 10. The highest BCUT2D eigenvalue weighted by Crippen LogP contribution is 2.03. The molecule has 1 saturated heterocycles. The second-order valence-corrected chi connectivity index (χ2v) is 6.24. The number of carbonyl (C=O) groups excluding carboxylic acids is 3. The summed E-state index contributed by atoms with van der Waals surface area (Å²) in [7, 11) is 0. The van der Waals surface area contributed by atoms with Crippen LogP contribution in [-0.4, -0.2) is 100 Å². The van der Waals surface area contributed by atoms with E-state index < -0.39 is 55.6 Å². The van der Waals surface area contributed by atoms with Crippen LogP contribution >= 0.6 is 0 Å². The number of carbonyl (C=O) groups is 4. The molecule has 0 radical (unpaired) electrons. The van der Waals surface area contributed by atoms with E-state index in [0.29, 0.717) is 13.0 Å². The minimum absolute atomic E-state index is 0.0486. The number of aliphatic hydroxyl groups excluding tert-OH is 4. The first-order chi connectivity index (χ1) is 14.5. The van der Waals surface area contributed by atoms with Gasteiger partial charge in [-0.05, 0) is 20.3 Å². The van der Waals surface area contributed by atoms with E-state index in [4.69, 9.17) is 25.5 Å². The largest absolute Gasteiger partial charge is 0.508 e. The number of aliphatic hydroxyl groups is 4. The molecule has 0 spiro atoms. The summed E-state index contributed by atoms with van der Waals surface area (Å²) in [5, 5.41) is 42.6. The van der Waals surface area contributed by atoms with Gasteiger partial charge < -0.3 is 44.5 Å². The van der Waals surface area contributed by atoms with E-state index in [0.717, 1.165) is 12.8 Å². The van der Waals surface area contributed by atoms with E-state index in [9.17, 15) is 19.2 Å². The van der Waals surface area contributed by atoms with Gasteiger partial charge in [0.15, 0.2) is 12.2 Å². The number of ether oxygens (including phenoxy) is 4. The van der Waals surface area contributed by atoms with Crippen molar-refractivity contribution in [1.82, 2.24) is 0 Å². The van der Waals surface area contributed by atoms with Crippen LogP contribution in [0, 0.1) is 0 Å². The van der Waals surface area contributed by atoms with Gasteiger partial charge in [0, 0.05) is 0 Å². The SMILES string of the molecule is CC(O)C(=O)OCC(CO)OC(=O)CO.CC1COC(=O)O1.CCCCC(O)C(=O)O. The van der Waals surface area contributed by atoms with Gasteiger partial charge in [-0.15, -0.1) is 0 Å². The first-order valence-corrected chi connectivity index (χ1v) is 9.48. The lowest BCUT2D eigenvalue weighted by molar-refractivity contribution is -0.167. The maximum atomic E-state index is 10.8. The molecular formula is C18H32O13. The molecule has 0 saturated carbocycles. The average molecular weight is 456 g/mol. The van der Waals surface area contributed by atoms with Gasteiger partial charge >= 0.3 is 24.1 Å². The van der Waals surface area contributed by atoms with Crippen LogP contribution in [0.3, 0.4) is 0 Å². The number of carboxylic acids is 1. The molecule has 0 aromatic carbocycles. The van der Waals surface area contributed by atoms with Crippen molar-refractivity contribution in [2.75, 3.05) is 26.4 Å². The summed E-state index contributed by atoms with van der Waals surface area (Å²) >= 11 is 0. The maximum absolute atomic E-state index is 10.8. The fraction of sp³-hybridized carbons (Fsp3) is 0.778. The fourth-order valence-corrected chi connectivity index (χ4v) is 1.58. The van der Waals surface area contributed by atoms with E-state index in [1.54, 1.807) is 6.92 Å². The molecule has 1 aliphatic rings. The van der Waals surface area contributed by atoms with Crippen molar-refractivity contribution >= 4 is 24.1 Å². The topological polar surface area (TPSA) is 206 Å². The van der Waals surface area contributed by atoms with Crippen molar-refractivity contribution in [2.24, 2.45) is 0 Å². The molecule has 1 heterocycles. The molecule has 1 aliphatic heterocycles. The van der Waals surface area contributed by atoms with Gasteiger partial charge in [-0.25, -0.2) is 19.2 Å². The molecule has 1 rings (SSSR count). The number of hydrogen-bond acceptors (Lipinski definition) is 12.